The molecule has 0 radical (unpaired) electrons. The van der Waals surface area contributed by atoms with Gasteiger partial charge >= 0.3 is 154 Å². The van der Waals surface area contributed by atoms with Crippen LogP contribution in [0.1, 0.15) is 64.9 Å². The van der Waals surface area contributed by atoms with Crippen molar-refractivity contribution in [2.24, 2.45) is 0 Å². The molecule has 0 bridgehead atoms. The molecule has 0 unspecified atom stereocenters. The van der Waals surface area contributed by atoms with Gasteiger partial charge in [-0.1, -0.05) is 0 Å². The fraction of sp³-hybridized carbons (Fsp3) is 0.714. The minimum absolute atomic E-state index is 1.10. The molecule has 0 aliphatic rings. The Morgan fingerprint density at radius 1 is 0.750 bits per heavy atom. The zero-order valence-corrected chi connectivity index (χ0v) is 19.7. The summed E-state index contributed by atoms with van der Waals surface area (Å²) >= 11 is -2.57. The Morgan fingerprint density at radius 3 is 1.42 bits per heavy atom. The molecule has 0 atom stereocenters. The molecule has 0 heterocycles. The van der Waals surface area contributed by atoms with Gasteiger partial charge in [-0.05, 0) is 0 Å². The van der Waals surface area contributed by atoms with Crippen molar-refractivity contribution in [2.45, 2.75) is 79.5 Å². The Balaban J connectivity index is 3.48. The van der Waals surface area contributed by atoms with E-state index in [1.54, 1.807) is 0 Å². The normalized spacial score (nSPS) is 11.6. The topological polar surface area (TPSA) is 18.5 Å². The third-order valence-corrected chi connectivity index (χ3v) is 20.9. The average Bonchev–Trinajstić information content (AvgIpc) is 2.60. The standard InChI is InChI=1S/C9H11O2.3C4H9.Sn/c1-7-4-8(10-2)6-9(5-7)11-3;3*1-3-4-2;/h4-5H,1-3H3;3*1,3-4H2,2H3;. The summed E-state index contributed by atoms with van der Waals surface area (Å²) in [5, 5.41) is 0. The Labute approximate surface area is 154 Å². The zero-order chi connectivity index (χ0) is 18.0. The first kappa shape index (κ1) is 21.7. The number of rotatable bonds is 12. The predicted molar refractivity (Wildman–Crippen MR) is 109 cm³/mol. The van der Waals surface area contributed by atoms with Crippen LogP contribution in [-0.4, -0.2) is 32.6 Å². The molecule has 0 amide bonds. The van der Waals surface area contributed by atoms with E-state index < -0.39 is 18.4 Å². The molecule has 0 spiro atoms. The molecular weight excluding hydrogens is 403 g/mol. The number of unbranched alkanes of at least 4 members (excludes halogenated alkanes) is 3. The van der Waals surface area contributed by atoms with Crippen molar-refractivity contribution in [2.75, 3.05) is 14.2 Å². The first-order valence-electron chi connectivity index (χ1n) is 9.81. The maximum atomic E-state index is 5.89. The molecule has 0 aliphatic heterocycles. The third-order valence-electron chi connectivity index (χ3n) is 5.21. The zero-order valence-electron chi connectivity index (χ0n) is 16.8. The Morgan fingerprint density at radius 2 is 1.12 bits per heavy atom. The van der Waals surface area contributed by atoms with Crippen molar-refractivity contribution in [3.05, 3.63) is 17.7 Å². The second-order valence-electron chi connectivity index (χ2n) is 7.14. The Bertz CT molecular complexity index is 438. The molecular formula is C21H38O2Sn. The predicted octanol–water partition coefficient (Wildman–Crippen LogP) is 6.07. The monoisotopic (exact) mass is 442 g/mol. The van der Waals surface area contributed by atoms with Crippen LogP contribution in [-0.2, 0) is 0 Å². The van der Waals surface area contributed by atoms with Crippen molar-refractivity contribution in [1.29, 1.82) is 0 Å². The second-order valence-corrected chi connectivity index (χ2v) is 20.2. The van der Waals surface area contributed by atoms with Crippen LogP contribution in [0.2, 0.25) is 13.3 Å². The molecule has 0 saturated carbocycles. The van der Waals surface area contributed by atoms with Gasteiger partial charge in [-0.25, -0.2) is 0 Å². The van der Waals surface area contributed by atoms with E-state index in [4.69, 9.17) is 9.47 Å². The van der Waals surface area contributed by atoms with E-state index in [0.717, 1.165) is 11.5 Å². The fourth-order valence-corrected chi connectivity index (χ4v) is 20.9. The molecule has 0 aliphatic carbocycles. The summed E-state index contributed by atoms with van der Waals surface area (Å²) in [4.78, 5) is 0. The summed E-state index contributed by atoms with van der Waals surface area (Å²) in [6.07, 6.45) is 7.91. The number of benzene rings is 1. The third kappa shape index (κ3) is 5.57. The van der Waals surface area contributed by atoms with E-state index in [1.165, 1.54) is 61.0 Å². The quantitative estimate of drug-likeness (QED) is 0.367. The molecule has 0 fully saturated rings. The molecule has 1 aromatic carbocycles. The Hall–Kier alpha value is -0.381. The van der Waals surface area contributed by atoms with Gasteiger partial charge in [0.05, 0.1) is 0 Å². The fourth-order valence-electron chi connectivity index (χ4n) is 3.86. The van der Waals surface area contributed by atoms with Crippen LogP contribution in [0.3, 0.4) is 0 Å². The molecule has 3 heteroatoms. The molecule has 1 rings (SSSR count). The summed E-state index contributed by atoms with van der Waals surface area (Å²) in [6.45, 7) is 9.09. The van der Waals surface area contributed by atoms with E-state index in [-0.39, 0.29) is 0 Å². The van der Waals surface area contributed by atoms with Crippen LogP contribution in [0.4, 0.5) is 0 Å². The first-order valence-corrected chi connectivity index (χ1v) is 17.3. The summed E-state index contributed by atoms with van der Waals surface area (Å²) in [7, 11) is 3.65. The van der Waals surface area contributed by atoms with Crippen LogP contribution in [0.25, 0.3) is 0 Å². The van der Waals surface area contributed by atoms with Gasteiger partial charge in [-0.15, -0.1) is 0 Å². The van der Waals surface area contributed by atoms with E-state index in [1.807, 2.05) is 14.2 Å². The summed E-state index contributed by atoms with van der Waals surface area (Å²) in [5.74, 6) is 2.21. The number of ether oxygens (including phenoxy) is 2. The molecule has 1 aromatic rings. The van der Waals surface area contributed by atoms with E-state index in [2.05, 4.69) is 39.8 Å². The van der Waals surface area contributed by atoms with E-state index >= 15 is 0 Å². The molecule has 0 aromatic heterocycles. The van der Waals surface area contributed by atoms with Crippen molar-refractivity contribution in [3.8, 4) is 11.5 Å². The maximum absolute atomic E-state index is 5.89. The van der Waals surface area contributed by atoms with Gasteiger partial charge < -0.3 is 0 Å². The SMILES string of the molecule is CCC[CH2][Sn]([CH2]CCC)([CH2]CCC)[c]1c(OC)cc(C)cc1OC. The van der Waals surface area contributed by atoms with Gasteiger partial charge in [0.25, 0.3) is 0 Å². The summed E-state index contributed by atoms with van der Waals surface area (Å²) in [6, 6.07) is 4.46. The molecule has 0 saturated heterocycles. The van der Waals surface area contributed by atoms with Crippen LogP contribution >= 0.6 is 0 Å². The molecule has 24 heavy (non-hydrogen) atoms. The van der Waals surface area contributed by atoms with Gasteiger partial charge in [0.2, 0.25) is 0 Å². The number of methoxy groups -OCH3 is 2. The van der Waals surface area contributed by atoms with Crippen molar-refractivity contribution in [3.63, 3.8) is 0 Å². The van der Waals surface area contributed by atoms with Crippen LogP contribution in [0.5, 0.6) is 11.5 Å². The Kier molecular flexibility index (Phi) is 10.2. The number of hydrogen-bond acceptors (Lipinski definition) is 2. The van der Waals surface area contributed by atoms with Gasteiger partial charge in [0.15, 0.2) is 0 Å². The number of aryl methyl sites for hydroxylation is 1. The van der Waals surface area contributed by atoms with Crippen molar-refractivity contribution in [1.82, 2.24) is 0 Å². The second kappa shape index (κ2) is 11.3. The molecule has 138 valence electrons. The molecule has 0 N–H and O–H groups in total. The van der Waals surface area contributed by atoms with Crippen molar-refractivity contribution < 1.29 is 9.47 Å². The van der Waals surface area contributed by atoms with Crippen LogP contribution < -0.4 is 13.1 Å². The van der Waals surface area contributed by atoms with Gasteiger partial charge in [0.1, 0.15) is 0 Å². The average molecular weight is 441 g/mol. The van der Waals surface area contributed by atoms with Gasteiger partial charge in [-0.3, -0.25) is 0 Å². The van der Waals surface area contributed by atoms with Crippen molar-refractivity contribution >= 4 is 22.0 Å². The summed E-state index contributed by atoms with van der Waals surface area (Å²) < 4.78 is 17.6. The molecule has 2 nitrogen and oxygen atoms in total. The van der Waals surface area contributed by atoms with Crippen LogP contribution in [0.15, 0.2) is 12.1 Å². The summed E-state index contributed by atoms with van der Waals surface area (Å²) in [5.41, 5.74) is 1.23. The minimum atomic E-state index is -2.57. The van der Waals surface area contributed by atoms with Gasteiger partial charge in [0, 0.05) is 0 Å². The van der Waals surface area contributed by atoms with E-state index in [9.17, 15) is 0 Å². The first-order chi connectivity index (χ1) is 11.6. The van der Waals surface area contributed by atoms with Crippen LogP contribution in [0, 0.1) is 6.92 Å². The number of hydrogen-bond donors (Lipinski definition) is 0. The van der Waals surface area contributed by atoms with Gasteiger partial charge in [-0.2, -0.15) is 0 Å². The van der Waals surface area contributed by atoms with E-state index in [0.29, 0.717) is 0 Å².